The molecule has 5 nitrogen and oxygen atoms in total. The fourth-order valence-corrected chi connectivity index (χ4v) is 3.68. The molecular formula is C24H35N5. The summed E-state index contributed by atoms with van der Waals surface area (Å²) in [4.78, 5) is 9.48. The highest BCUT2D eigenvalue weighted by Gasteiger charge is 2.16. The van der Waals surface area contributed by atoms with Crippen molar-refractivity contribution in [2.75, 3.05) is 46.3 Å². The van der Waals surface area contributed by atoms with Gasteiger partial charge in [-0.3, -0.25) is 9.89 Å². The summed E-state index contributed by atoms with van der Waals surface area (Å²) in [5.41, 5.74) is 2.68. The van der Waals surface area contributed by atoms with Crippen LogP contribution >= 0.6 is 0 Å². The van der Waals surface area contributed by atoms with E-state index < -0.39 is 0 Å². The molecule has 0 aliphatic carbocycles. The van der Waals surface area contributed by atoms with Crippen LogP contribution in [0.3, 0.4) is 0 Å². The first-order valence-electron chi connectivity index (χ1n) is 10.8. The summed E-state index contributed by atoms with van der Waals surface area (Å²) in [7, 11) is 1.83. The number of benzene rings is 2. The second-order valence-corrected chi connectivity index (χ2v) is 7.65. The van der Waals surface area contributed by atoms with Crippen molar-refractivity contribution in [1.82, 2.24) is 20.4 Å². The van der Waals surface area contributed by atoms with E-state index in [1.807, 2.05) is 13.1 Å². The van der Waals surface area contributed by atoms with E-state index in [1.54, 1.807) is 0 Å². The molecule has 29 heavy (non-hydrogen) atoms. The van der Waals surface area contributed by atoms with Crippen molar-refractivity contribution < 1.29 is 0 Å². The highest BCUT2D eigenvalue weighted by atomic mass is 15.3. The number of piperazine rings is 1. The Morgan fingerprint density at radius 2 is 1.41 bits per heavy atom. The Balaban J connectivity index is 1.23. The third-order valence-electron chi connectivity index (χ3n) is 5.43. The van der Waals surface area contributed by atoms with Crippen LogP contribution in [0, 0.1) is 0 Å². The van der Waals surface area contributed by atoms with Crippen molar-refractivity contribution in [2.45, 2.75) is 25.9 Å². The number of nitrogens with one attached hydrogen (secondary N) is 2. The van der Waals surface area contributed by atoms with E-state index in [-0.39, 0.29) is 0 Å². The maximum absolute atomic E-state index is 4.31. The lowest BCUT2D eigenvalue weighted by molar-refractivity contribution is 0.126. The van der Waals surface area contributed by atoms with Gasteiger partial charge in [0.2, 0.25) is 0 Å². The minimum Gasteiger partial charge on any atom is -0.356 e. The molecule has 3 rings (SSSR count). The molecule has 0 radical (unpaired) electrons. The molecule has 1 fully saturated rings. The highest BCUT2D eigenvalue weighted by molar-refractivity contribution is 5.79. The molecule has 1 aliphatic heterocycles. The standard InChI is InChI=1S/C24H35N5/c1-25-24(27-20-22-10-4-2-5-11-22)26-14-8-9-15-28-16-18-29(19-17-28)21-23-12-6-3-7-13-23/h2-7,10-13H,8-9,14-21H2,1H3,(H2,25,26,27). The lowest BCUT2D eigenvalue weighted by atomic mass is 10.2. The summed E-state index contributed by atoms with van der Waals surface area (Å²) in [6.07, 6.45) is 2.39. The molecule has 1 aliphatic rings. The number of hydrogen-bond acceptors (Lipinski definition) is 3. The molecule has 0 atom stereocenters. The quantitative estimate of drug-likeness (QED) is 0.391. The average Bonchev–Trinajstić information content (AvgIpc) is 2.78. The third-order valence-corrected chi connectivity index (χ3v) is 5.43. The Morgan fingerprint density at radius 3 is 2.07 bits per heavy atom. The van der Waals surface area contributed by atoms with Crippen LogP contribution in [0.5, 0.6) is 0 Å². The second kappa shape index (κ2) is 12.2. The average molecular weight is 394 g/mol. The van der Waals surface area contributed by atoms with Gasteiger partial charge in [-0.05, 0) is 30.5 Å². The van der Waals surface area contributed by atoms with Gasteiger partial charge in [0.05, 0.1) is 0 Å². The van der Waals surface area contributed by atoms with Crippen molar-refractivity contribution in [3.05, 3.63) is 71.8 Å². The van der Waals surface area contributed by atoms with Gasteiger partial charge in [0.25, 0.3) is 0 Å². The molecule has 1 saturated heterocycles. The lowest BCUT2D eigenvalue weighted by Crippen LogP contribution is -2.46. The van der Waals surface area contributed by atoms with Gasteiger partial charge in [-0.2, -0.15) is 0 Å². The predicted molar refractivity (Wildman–Crippen MR) is 122 cm³/mol. The minimum absolute atomic E-state index is 0.799. The van der Waals surface area contributed by atoms with Crippen LogP contribution in [0.2, 0.25) is 0 Å². The van der Waals surface area contributed by atoms with Gasteiger partial charge >= 0.3 is 0 Å². The molecule has 0 saturated carbocycles. The van der Waals surface area contributed by atoms with Crippen molar-refractivity contribution in [2.24, 2.45) is 4.99 Å². The van der Waals surface area contributed by atoms with Gasteiger partial charge in [0.1, 0.15) is 0 Å². The summed E-state index contributed by atoms with van der Waals surface area (Å²) in [5, 5.41) is 6.80. The van der Waals surface area contributed by atoms with Crippen LogP contribution in [0.15, 0.2) is 65.7 Å². The summed E-state index contributed by atoms with van der Waals surface area (Å²) in [5.74, 6) is 0.878. The fourth-order valence-electron chi connectivity index (χ4n) is 3.68. The van der Waals surface area contributed by atoms with Crippen molar-refractivity contribution in [1.29, 1.82) is 0 Å². The van der Waals surface area contributed by atoms with Crippen molar-refractivity contribution in [3.63, 3.8) is 0 Å². The Morgan fingerprint density at radius 1 is 0.793 bits per heavy atom. The van der Waals surface area contributed by atoms with E-state index in [1.165, 1.54) is 50.3 Å². The summed E-state index contributed by atoms with van der Waals surface area (Å²) in [6.45, 7) is 8.73. The molecule has 2 N–H and O–H groups in total. The Hall–Kier alpha value is -2.37. The van der Waals surface area contributed by atoms with Crippen LogP contribution in [-0.2, 0) is 13.1 Å². The largest absolute Gasteiger partial charge is 0.356 e. The Kier molecular flexibility index (Phi) is 9.01. The first kappa shape index (κ1) is 21.3. The number of rotatable bonds is 9. The molecular weight excluding hydrogens is 358 g/mol. The van der Waals surface area contributed by atoms with Gasteiger partial charge in [0, 0.05) is 52.9 Å². The summed E-state index contributed by atoms with van der Waals surface area (Å²) < 4.78 is 0. The van der Waals surface area contributed by atoms with Crippen molar-refractivity contribution in [3.8, 4) is 0 Å². The van der Waals surface area contributed by atoms with Crippen LogP contribution in [-0.4, -0.2) is 62.1 Å². The molecule has 1 heterocycles. The number of guanidine groups is 1. The second-order valence-electron chi connectivity index (χ2n) is 7.65. The first-order valence-corrected chi connectivity index (χ1v) is 10.8. The van der Waals surface area contributed by atoms with Gasteiger partial charge in [-0.1, -0.05) is 60.7 Å². The van der Waals surface area contributed by atoms with Gasteiger partial charge in [0.15, 0.2) is 5.96 Å². The van der Waals surface area contributed by atoms with E-state index in [4.69, 9.17) is 0 Å². The van der Waals surface area contributed by atoms with E-state index >= 15 is 0 Å². The molecule has 2 aromatic rings. The lowest BCUT2D eigenvalue weighted by Gasteiger charge is -2.34. The predicted octanol–water partition coefficient (Wildman–Crippen LogP) is 2.95. The number of hydrogen-bond donors (Lipinski definition) is 2. The van der Waals surface area contributed by atoms with E-state index in [2.05, 4.69) is 80.0 Å². The Bertz CT molecular complexity index is 709. The van der Waals surface area contributed by atoms with Gasteiger partial charge in [-0.25, -0.2) is 0 Å². The number of aliphatic imine (C=N–C) groups is 1. The zero-order valence-corrected chi connectivity index (χ0v) is 17.7. The maximum Gasteiger partial charge on any atom is 0.191 e. The van der Waals surface area contributed by atoms with E-state index in [9.17, 15) is 0 Å². The van der Waals surface area contributed by atoms with Gasteiger partial charge in [-0.15, -0.1) is 0 Å². The minimum atomic E-state index is 0.799. The molecule has 5 heteroatoms. The summed E-state index contributed by atoms with van der Waals surface area (Å²) in [6, 6.07) is 21.2. The van der Waals surface area contributed by atoms with Crippen LogP contribution in [0.1, 0.15) is 24.0 Å². The fraction of sp³-hybridized carbons (Fsp3) is 0.458. The number of unbranched alkanes of at least 4 members (excludes halogenated alkanes) is 1. The number of nitrogens with zero attached hydrogens (tertiary/aromatic N) is 3. The normalized spacial score (nSPS) is 16.0. The molecule has 0 bridgehead atoms. The monoisotopic (exact) mass is 393 g/mol. The van der Waals surface area contributed by atoms with Crippen LogP contribution in [0.25, 0.3) is 0 Å². The topological polar surface area (TPSA) is 42.9 Å². The zero-order chi connectivity index (χ0) is 20.2. The van der Waals surface area contributed by atoms with Crippen LogP contribution in [0.4, 0.5) is 0 Å². The van der Waals surface area contributed by atoms with E-state index in [0.717, 1.165) is 32.0 Å². The Labute approximate surface area is 175 Å². The van der Waals surface area contributed by atoms with E-state index in [0.29, 0.717) is 0 Å². The molecule has 2 aromatic carbocycles. The third kappa shape index (κ3) is 7.87. The van der Waals surface area contributed by atoms with Crippen LogP contribution < -0.4 is 10.6 Å². The molecule has 0 unspecified atom stereocenters. The smallest absolute Gasteiger partial charge is 0.191 e. The van der Waals surface area contributed by atoms with Crippen molar-refractivity contribution >= 4 is 5.96 Å². The zero-order valence-electron chi connectivity index (χ0n) is 17.7. The SMILES string of the molecule is CN=C(NCCCCN1CCN(Cc2ccccc2)CC1)NCc1ccccc1. The maximum atomic E-state index is 4.31. The highest BCUT2D eigenvalue weighted by Crippen LogP contribution is 2.09. The molecule has 0 amide bonds. The van der Waals surface area contributed by atoms with Gasteiger partial charge < -0.3 is 15.5 Å². The molecule has 0 aromatic heterocycles. The summed E-state index contributed by atoms with van der Waals surface area (Å²) >= 11 is 0. The molecule has 0 spiro atoms. The molecule has 156 valence electrons. The first-order chi connectivity index (χ1) is 14.3.